The quantitative estimate of drug-likeness (QED) is 0.502. The SMILES string of the molecule is CC(=O)c1ccccc1NC(=O)[C@H](C)OC(=O)c1nc(-c2ccccc2)oc1C. The fraction of sp³-hybridized carbons (Fsp3) is 0.182. The lowest BCUT2D eigenvalue weighted by Crippen LogP contribution is -2.30. The van der Waals surface area contributed by atoms with Gasteiger partial charge >= 0.3 is 5.97 Å². The van der Waals surface area contributed by atoms with E-state index in [-0.39, 0.29) is 11.5 Å². The predicted octanol–water partition coefficient (Wildman–Crippen LogP) is 4.04. The van der Waals surface area contributed by atoms with Crippen molar-refractivity contribution in [3.8, 4) is 11.5 Å². The first-order valence-electron chi connectivity index (χ1n) is 9.01. The number of nitrogens with zero attached hydrogens (tertiary/aromatic N) is 1. The molecule has 0 bridgehead atoms. The number of carbonyl (C=O) groups excluding carboxylic acids is 3. The predicted molar refractivity (Wildman–Crippen MR) is 107 cm³/mol. The Morgan fingerprint density at radius 2 is 1.69 bits per heavy atom. The molecule has 0 aliphatic heterocycles. The van der Waals surface area contributed by atoms with Gasteiger partial charge in [-0.3, -0.25) is 9.59 Å². The van der Waals surface area contributed by atoms with Gasteiger partial charge in [-0.15, -0.1) is 0 Å². The average molecular weight is 392 g/mol. The van der Waals surface area contributed by atoms with Crippen LogP contribution in [0.2, 0.25) is 0 Å². The van der Waals surface area contributed by atoms with Gasteiger partial charge in [0, 0.05) is 11.1 Å². The summed E-state index contributed by atoms with van der Waals surface area (Å²) in [6.45, 7) is 4.45. The number of carbonyl (C=O) groups is 3. The van der Waals surface area contributed by atoms with Crippen LogP contribution in [0.25, 0.3) is 11.5 Å². The number of rotatable bonds is 6. The van der Waals surface area contributed by atoms with Crippen molar-refractivity contribution in [1.82, 2.24) is 4.98 Å². The molecule has 0 unspecified atom stereocenters. The van der Waals surface area contributed by atoms with Crippen LogP contribution >= 0.6 is 0 Å². The highest BCUT2D eigenvalue weighted by molar-refractivity contribution is 6.05. The van der Waals surface area contributed by atoms with Gasteiger partial charge in [0.05, 0.1) is 5.69 Å². The van der Waals surface area contributed by atoms with E-state index < -0.39 is 18.0 Å². The van der Waals surface area contributed by atoms with Gasteiger partial charge in [0.15, 0.2) is 17.6 Å². The van der Waals surface area contributed by atoms with E-state index in [1.807, 2.05) is 30.3 Å². The molecule has 0 saturated heterocycles. The van der Waals surface area contributed by atoms with E-state index in [0.29, 0.717) is 22.9 Å². The van der Waals surface area contributed by atoms with Gasteiger partial charge in [-0.1, -0.05) is 30.3 Å². The molecule has 0 aliphatic rings. The van der Waals surface area contributed by atoms with Gasteiger partial charge in [-0.25, -0.2) is 9.78 Å². The molecule has 148 valence electrons. The second-order valence-corrected chi connectivity index (χ2v) is 6.43. The zero-order chi connectivity index (χ0) is 21.0. The second-order valence-electron chi connectivity index (χ2n) is 6.43. The van der Waals surface area contributed by atoms with Crippen LogP contribution in [0.5, 0.6) is 0 Å². The molecule has 7 heteroatoms. The molecule has 1 heterocycles. The molecule has 7 nitrogen and oxygen atoms in total. The number of Topliss-reactive ketones (excluding diaryl/α,β-unsaturated/α-hetero) is 1. The van der Waals surface area contributed by atoms with E-state index in [2.05, 4.69) is 10.3 Å². The summed E-state index contributed by atoms with van der Waals surface area (Å²) in [5.41, 5.74) is 1.46. The molecule has 0 radical (unpaired) electrons. The summed E-state index contributed by atoms with van der Waals surface area (Å²) in [6.07, 6.45) is -1.10. The number of anilines is 1. The summed E-state index contributed by atoms with van der Waals surface area (Å²) in [5.74, 6) is -0.921. The Morgan fingerprint density at radius 1 is 1.03 bits per heavy atom. The van der Waals surface area contributed by atoms with Gasteiger partial charge in [0.1, 0.15) is 5.76 Å². The summed E-state index contributed by atoms with van der Waals surface area (Å²) < 4.78 is 10.8. The molecular formula is C22H20N2O5. The van der Waals surface area contributed by atoms with Crippen molar-refractivity contribution in [1.29, 1.82) is 0 Å². The van der Waals surface area contributed by atoms with Crippen molar-refractivity contribution < 1.29 is 23.5 Å². The highest BCUT2D eigenvalue weighted by Gasteiger charge is 2.25. The van der Waals surface area contributed by atoms with Crippen LogP contribution in [0.3, 0.4) is 0 Å². The summed E-state index contributed by atoms with van der Waals surface area (Å²) >= 11 is 0. The molecule has 2 aromatic carbocycles. The van der Waals surface area contributed by atoms with E-state index in [0.717, 1.165) is 5.56 Å². The van der Waals surface area contributed by atoms with Crippen molar-refractivity contribution in [2.24, 2.45) is 0 Å². The molecule has 1 N–H and O–H groups in total. The molecule has 0 aliphatic carbocycles. The van der Waals surface area contributed by atoms with Crippen LogP contribution in [0.15, 0.2) is 59.0 Å². The summed E-state index contributed by atoms with van der Waals surface area (Å²) in [6, 6.07) is 15.8. The standard InChI is InChI=1S/C22H20N2O5/c1-13(25)17-11-7-8-12-18(17)23-20(26)15(3)29-22(27)19-14(2)28-21(24-19)16-9-5-4-6-10-16/h4-12,15H,1-3H3,(H,23,26)/t15-/m0/s1. The highest BCUT2D eigenvalue weighted by Crippen LogP contribution is 2.22. The van der Waals surface area contributed by atoms with E-state index in [9.17, 15) is 14.4 Å². The Morgan fingerprint density at radius 3 is 2.38 bits per heavy atom. The van der Waals surface area contributed by atoms with Gasteiger partial charge in [0.25, 0.3) is 5.91 Å². The zero-order valence-corrected chi connectivity index (χ0v) is 16.3. The maximum atomic E-state index is 12.5. The minimum Gasteiger partial charge on any atom is -0.448 e. The topological polar surface area (TPSA) is 98.5 Å². The fourth-order valence-electron chi connectivity index (χ4n) is 2.69. The molecule has 0 fully saturated rings. The summed E-state index contributed by atoms with van der Waals surface area (Å²) in [5, 5.41) is 2.61. The largest absolute Gasteiger partial charge is 0.448 e. The van der Waals surface area contributed by atoms with Crippen molar-refractivity contribution >= 4 is 23.3 Å². The fourth-order valence-corrected chi connectivity index (χ4v) is 2.69. The molecule has 29 heavy (non-hydrogen) atoms. The monoisotopic (exact) mass is 392 g/mol. The number of ketones is 1. The van der Waals surface area contributed by atoms with Crippen molar-refractivity contribution in [2.45, 2.75) is 26.9 Å². The van der Waals surface area contributed by atoms with Crippen molar-refractivity contribution in [3.05, 3.63) is 71.6 Å². The maximum absolute atomic E-state index is 12.5. The molecule has 1 amide bonds. The lowest BCUT2D eigenvalue weighted by Gasteiger charge is -2.14. The van der Waals surface area contributed by atoms with Crippen LogP contribution in [-0.4, -0.2) is 28.7 Å². The number of hydrogen-bond donors (Lipinski definition) is 1. The van der Waals surface area contributed by atoms with Gasteiger partial charge in [-0.05, 0) is 45.0 Å². The molecule has 3 aromatic rings. The zero-order valence-electron chi connectivity index (χ0n) is 16.3. The van der Waals surface area contributed by atoms with Crippen LogP contribution in [0.1, 0.15) is 40.5 Å². The number of aryl methyl sites for hydroxylation is 1. The molecule has 3 rings (SSSR count). The van der Waals surface area contributed by atoms with Crippen LogP contribution in [0, 0.1) is 6.92 Å². The summed E-state index contributed by atoms with van der Waals surface area (Å²) in [4.78, 5) is 40.8. The number of aromatic nitrogens is 1. The normalized spacial score (nSPS) is 11.6. The molecule has 1 atom stereocenters. The average Bonchev–Trinajstić information content (AvgIpc) is 3.10. The smallest absolute Gasteiger partial charge is 0.361 e. The number of hydrogen-bond acceptors (Lipinski definition) is 6. The van der Waals surface area contributed by atoms with E-state index in [1.165, 1.54) is 13.8 Å². The third-order valence-corrected chi connectivity index (χ3v) is 4.23. The van der Waals surface area contributed by atoms with Gasteiger partial charge in [0.2, 0.25) is 5.89 Å². The third-order valence-electron chi connectivity index (χ3n) is 4.23. The van der Waals surface area contributed by atoms with Crippen LogP contribution in [0.4, 0.5) is 5.69 Å². The number of ether oxygens (including phenoxy) is 1. The Kier molecular flexibility index (Phi) is 5.87. The van der Waals surface area contributed by atoms with Gasteiger partial charge < -0.3 is 14.5 Å². The Hall–Kier alpha value is -3.74. The minimum atomic E-state index is -1.10. The molecule has 0 saturated carbocycles. The van der Waals surface area contributed by atoms with E-state index >= 15 is 0 Å². The molecule has 0 spiro atoms. The van der Waals surface area contributed by atoms with Crippen molar-refractivity contribution in [2.75, 3.05) is 5.32 Å². The van der Waals surface area contributed by atoms with E-state index in [4.69, 9.17) is 9.15 Å². The Labute approximate surface area is 167 Å². The number of nitrogens with one attached hydrogen (secondary N) is 1. The number of benzene rings is 2. The lowest BCUT2D eigenvalue weighted by atomic mass is 10.1. The highest BCUT2D eigenvalue weighted by atomic mass is 16.5. The Balaban J connectivity index is 1.70. The first-order chi connectivity index (χ1) is 13.9. The lowest BCUT2D eigenvalue weighted by molar-refractivity contribution is -0.123. The molecule has 1 aromatic heterocycles. The maximum Gasteiger partial charge on any atom is 0.361 e. The van der Waals surface area contributed by atoms with Crippen LogP contribution in [-0.2, 0) is 9.53 Å². The molecular weight excluding hydrogens is 372 g/mol. The minimum absolute atomic E-state index is 0.00707. The third kappa shape index (κ3) is 4.57. The number of esters is 1. The first-order valence-corrected chi connectivity index (χ1v) is 9.01. The number of para-hydroxylation sites is 1. The summed E-state index contributed by atoms with van der Waals surface area (Å²) in [7, 11) is 0. The second kappa shape index (κ2) is 8.52. The van der Waals surface area contributed by atoms with Crippen LogP contribution < -0.4 is 5.32 Å². The van der Waals surface area contributed by atoms with E-state index in [1.54, 1.807) is 31.2 Å². The first kappa shape index (κ1) is 20.0. The van der Waals surface area contributed by atoms with Crippen molar-refractivity contribution in [3.63, 3.8) is 0 Å². The number of oxazole rings is 1. The Bertz CT molecular complexity index is 1060. The number of amides is 1. The van der Waals surface area contributed by atoms with Gasteiger partial charge in [-0.2, -0.15) is 0 Å².